The minimum absolute atomic E-state index is 0.00641. The van der Waals surface area contributed by atoms with Crippen molar-refractivity contribution < 1.29 is 19.1 Å². The van der Waals surface area contributed by atoms with Crippen LogP contribution in [0, 0.1) is 0 Å². The topological polar surface area (TPSA) is 59.1 Å². The number of nitrogens with zero attached hydrogens (tertiary/aromatic N) is 2. The van der Waals surface area contributed by atoms with Gasteiger partial charge >= 0.3 is 11.9 Å². The van der Waals surface area contributed by atoms with Gasteiger partial charge in [-0.3, -0.25) is 9.59 Å². The predicted molar refractivity (Wildman–Crippen MR) is 412 cm³/mol. The van der Waals surface area contributed by atoms with E-state index in [1.54, 1.807) is 0 Å². The van der Waals surface area contributed by atoms with Gasteiger partial charge in [-0.05, 0) is 170 Å². The third-order valence-corrected chi connectivity index (χ3v) is 18.8. The zero-order chi connectivity index (χ0) is 67.2. The molecule has 0 saturated heterocycles. The van der Waals surface area contributed by atoms with Crippen LogP contribution >= 0.6 is 0 Å². The van der Waals surface area contributed by atoms with Crippen LogP contribution in [-0.2, 0) is 19.1 Å². The van der Waals surface area contributed by atoms with Crippen molar-refractivity contribution in [2.75, 3.05) is 41.3 Å². The average Bonchev–Trinajstić information content (AvgIpc) is 3.73. The second-order valence-corrected chi connectivity index (χ2v) is 29.0. The SMILES string of the molecule is CCCCC/C=C\C/C=C\CCCCCCCCC(CCCCCCCC/C=C\C/C=C\CCCCC)OC(=O)CCCN(C)C.CCCCCCCCCCCCCCCCCCC(CCCCCCCCCCCCCCCCCC)OC(=O)CCCN(C)C. The van der Waals surface area contributed by atoms with Crippen LogP contribution in [0.15, 0.2) is 48.6 Å². The van der Waals surface area contributed by atoms with Gasteiger partial charge in [-0.15, -0.1) is 0 Å². The summed E-state index contributed by atoms with van der Waals surface area (Å²) >= 11 is 0. The van der Waals surface area contributed by atoms with E-state index < -0.39 is 0 Å². The predicted octanol–water partition coefficient (Wildman–Crippen LogP) is 28.2. The number of carbonyl (C=O) groups excluding carboxylic acids is 2. The van der Waals surface area contributed by atoms with Gasteiger partial charge in [0.05, 0.1) is 0 Å². The lowest BCUT2D eigenvalue weighted by molar-refractivity contribution is -0.151. The number of allylic oxidation sites excluding steroid dienone is 8. The Kier molecular flexibility index (Phi) is 81.1. The number of rotatable bonds is 74. The summed E-state index contributed by atoms with van der Waals surface area (Å²) in [7, 11) is 8.27. The Hall–Kier alpha value is -2.18. The van der Waals surface area contributed by atoms with Gasteiger partial charge in [-0.2, -0.15) is 0 Å². The van der Waals surface area contributed by atoms with Crippen LogP contribution in [0.1, 0.15) is 439 Å². The van der Waals surface area contributed by atoms with Crippen LogP contribution in [-0.4, -0.2) is 75.2 Å². The molecule has 92 heavy (non-hydrogen) atoms. The summed E-state index contributed by atoms with van der Waals surface area (Å²) < 4.78 is 12.0. The van der Waals surface area contributed by atoms with Gasteiger partial charge in [0, 0.05) is 12.8 Å². The Morgan fingerprint density at radius 3 is 0.652 bits per heavy atom. The first-order valence-corrected chi connectivity index (χ1v) is 41.5. The van der Waals surface area contributed by atoms with Crippen LogP contribution in [0.5, 0.6) is 0 Å². The third-order valence-electron chi connectivity index (χ3n) is 18.8. The van der Waals surface area contributed by atoms with E-state index in [0.29, 0.717) is 12.8 Å². The first-order chi connectivity index (χ1) is 45.2. The molecule has 0 aromatic heterocycles. The van der Waals surface area contributed by atoms with Gasteiger partial charge in [-0.1, -0.05) is 346 Å². The lowest BCUT2D eigenvalue weighted by Gasteiger charge is -2.18. The van der Waals surface area contributed by atoms with Crippen molar-refractivity contribution in [2.24, 2.45) is 0 Å². The molecule has 0 saturated carbocycles. The van der Waals surface area contributed by atoms with E-state index in [1.165, 1.54) is 347 Å². The molecule has 0 aromatic carbocycles. The van der Waals surface area contributed by atoms with E-state index in [4.69, 9.17) is 9.47 Å². The second kappa shape index (κ2) is 81.2. The van der Waals surface area contributed by atoms with Gasteiger partial charge in [-0.25, -0.2) is 0 Å². The molecule has 0 amide bonds. The zero-order valence-electron chi connectivity index (χ0n) is 64.0. The molecule has 0 N–H and O–H groups in total. The molecule has 0 spiro atoms. The standard InChI is InChI=1S/C43H87NO2.C43H79NO2/c2*1-5-7-9-11-13-15-17-19-21-23-25-27-29-31-33-35-38-42(46-43(45)40-37-41-44(3)4)39-36-34-32-30-28-26-24-22-20-18-16-14-12-10-8-6-2/h42H,5-41H2,1-4H3;13-16,19-22,42H,5-12,17-18,23-41H2,1-4H3/b;15-13-,16-14-,21-19-,22-20-. The van der Waals surface area contributed by atoms with Crippen molar-refractivity contribution in [3.8, 4) is 0 Å². The molecule has 0 fully saturated rings. The largest absolute Gasteiger partial charge is 0.462 e. The highest BCUT2D eigenvalue weighted by Gasteiger charge is 2.16. The maximum absolute atomic E-state index is 12.5. The summed E-state index contributed by atoms with van der Waals surface area (Å²) in [6, 6.07) is 0. The Morgan fingerprint density at radius 1 is 0.250 bits per heavy atom. The van der Waals surface area contributed by atoms with Gasteiger partial charge in [0.1, 0.15) is 12.2 Å². The fraction of sp³-hybridized carbons (Fsp3) is 0.884. The van der Waals surface area contributed by atoms with E-state index in [9.17, 15) is 9.59 Å². The summed E-state index contributed by atoms with van der Waals surface area (Å²) in [5.74, 6) is 0.0340. The highest BCUT2D eigenvalue weighted by Crippen LogP contribution is 2.22. The van der Waals surface area contributed by atoms with Gasteiger partial charge in [0.25, 0.3) is 0 Å². The Bertz CT molecular complexity index is 1450. The fourth-order valence-corrected chi connectivity index (χ4v) is 12.7. The normalized spacial score (nSPS) is 12.0. The van der Waals surface area contributed by atoms with Crippen molar-refractivity contribution in [1.82, 2.24) is 9.80 Å². The number of hydrogen-bond acceptors (Lipinski definition) is 6. The molecule has 0 unspecified atom stereocenters. The Morgan fingerprint density at radius 2 is 0.435 bits per heavy atom. The quantitative estimate of drug-likeness (QED) is 0.0344. The molecule has 0 aliphatic rings. The zero-order valence-corrected chi connectivity index (χ0v) is 64.0. The summed E-state index contributed by atoms with van der Waals surface area (Å²) in [6.07, 6.45) is 101. The summed E-state index contributed by atoms with van der Waals surface area (Å²) in [6.45, 7) is 11.0. The van der Waals surface area contributed by atoms with Crippen molar-refractivity contribution in [3.63, 3.8) is 0 Å². The number of unbranched alkanes of at least 4 members (excludes halogenated alkanes) is 48. The minimum atomic E-state index is 0.00641. The molecule has 0 aliphatic heterocycles. The van der Waals surface area contributed by atoms with Crippen LogP contribution in [0.3, 0.4) is 0 Å². The highest BCUT2D eigenvalue weighted by atomic mass is 16.5. The summed E-state index contributed by atoms with van der Waals surface area (Å²) in [4.78, 5) is 29.3. The van der Waals surface area contributed by atoms with Crippen LogP contribution < -0.4 is 0 Å². The van der Waals surface area contributed by atoms with E-state index in [1.807, 2.05) is 0 Å². The second-order valence-electron chi connectivity index (χ2n) is 29.0. The maximum atomic E-state index is 12.5. The van der Waals surface area contributed by atoms with Crippen molar-refractivity contribution in [1.29, 1.82) is 0 Å². The molecule has 0 aromatic rings. The van der Waals surface area contributed by atoms with E-state index >= 15 is 0 Å². The van der Waals surface area contributed by atoms with Crippen LogP contribution in [0.2, 0.25) is 0 Å². The molecule has 544 valence electrons. The minimum Gasteiger partial charge on any atom is -0.462 e. The molecular formula is C86H166N2O4. The molecule has 6 heteroatoms. The van der Waals surface area contributed by atoms with Crippen molar-refractivity contribution >= 4 is 11.9 Å². The molecule has 6 nitrogen and oxygen atoms in total. The molecule has 0 radical (unpaired) electrons. The van der Waals surface area contributed by atoms with E-state index in [2.05, 4.69) is 114 Å². The molecule has 0 aliphatic carbocycles. The van der Waals surface area contributed by atoms with Gasteiger partial charge in [0.2, 0.25) is 0 Å². The number of hydrogen-bond donors (Lipinski definition) is 0. The van der Waals surface area contributed by atoms with Crippen molar-refractivity contribution in [2.45, 2.75) is 451 Å². The lowest BCUT2D eigenvalue weighted by Crippen LogP contribution is -2.20. The molecule has 0 atom stereocenters. The number of esters is 2. The fourth-order valence-electron chi connectivity index (χ4n) is 12.7. The monoisotopic (exact) mass is 1290 g/mol. The van der Waals surface area contributed by atoms with Crippen molar-refractivity contribution in [3.05, 3.63) is 48.6 Å². The molecule has 0 heterocycles. The Labute approximate surface area is 578 Å². The first-order valence-electron chi connectivity index (χ1n) is 41.5. The van der Waals surface area contributed by atoms with Gasteiger partial charge in [0.15, 0.2) is 0 Å². The summed E-state index contributed by atoms with van der Waals surface area (Å²) in [5, 5.41) is 0. The van der Waals surface area contributed by atoms with Gasteiger partial charge < -0.3 is 19.3 Å². The smallest absolute Gasteiger partial charge is 0.306 e. The molecule has 0 rings (SSSR count). The first kappa shape index (κ1) is 91.9. The maximum Gasteiger partial charge on any atom is 0.306 e. The molecular weight excluding hydrogens is 1120 g/mol. The Balaban J connectivity index is 0. The van der Waals surface area contributed by atoms with E-state index in [-0.39, 0.29) is 24.1 Å². The third kappa shape index (κ3) is 82.1. The van der Waals surface area contributed by atoms with E-state index in [0.717, 1.165) is 64.5 Å². The number of ether oxygens (including phenoxy) is 2. The van der Waals surface area contributed by atoms with Crippen LogP contribution in [0.25, 0.3) is 0 Å². The number of carbonyl (C=O) groups is 2. The average molecular weight is 1290 g/mol. The molecule has 0 bridgehead atoms. The highest BCUT2D eigenvalue weighted by molar-refractivity contribution is 5.69. The lowest BCUT2D eigenvalue weighted by atomic mass is 10.0. The summed E-state index contributed by atoms with van der Waals surface area (Å²) in [5.41, 5.74) is 0. The van der Waals surface area contributed by atoms with Crippen LogP contribution in [0.4, 0.5) is 0 Å².